The number of rotatable bonds is 1. The molecule has 23 heavy (non-hydrogen) atoms. The van der Waals surface area contributed by atoms with E-state index in [0.29, 0.717) is 11.9 Å². The minimum atomic E-state index is -0.253. The Hall–Kier alpha value is -2.75. The van der Waals surface area contributed by atoms with Crippen molar-refractivity contribution in [2.75, 3.05) is 0 Å². The van der Waals surface area contributed by atoms with Crippen molar-refractivity contribution in [2.45, 2.75) is 19.4 Å². The van der Waals surface area contributed by atoms with Crippen LogP contribution in [-0.4, -0.2) is 9.55 Å². The molecule has 0 atom stereocenters. The lowest BCUT2D eigenvalue weighted by molar-refractivity contribution is 0.587. The van der Waals surface area contributed by atoms with Gasteiger partial charge in [0.2, 0.25) is 0 Å². The Morgan fingerprint density at radius 3 is 2.70 bits per heavy atom. The van der Waals surface area contributed by atoms with E-state index in [1.807, 2.05) is 30.3 Å². The second-order valence-electron chi connectivity index (χ2n) is 5.73. The van der Waals surface area contributed by atoms with Crippen LogP contribution in [0.15, 0.2) is 53.3 Å². The average molecular weight is 306 g/mol. The summed E-state index contributed by atoms with van der Waals surface area (Å²) in [4.78, 5) is 17.4. The summed E-state index contributed by atoms with van der Waals surface area (Å²) in [6, 6.07) is 13.8. The Labute approximate surface area is 132 Å². The summed E-state index contributed by atoms with van der Waals surface area (Å²) in [5, 5.41) is 0.652. The fourth-order valence-electron chi connectivity index (χ4n) is 3.06. The summed E-state index contributed by atoms with van der Waals surface area (Å²) in [6.07, 6.45) is 3.76. The number of fused-ring (bicyclic) bond motifs is 2. The second-order valence-corrected chi connectivity index (χ2v) is 5.73. The van der Waals surface area contributed by atoms with Gasteiger partial charge in [-0.3, -0.25) is 9.36 Å². The Morgan fingerprint density at radius 1 is 1.09 bits per heavy atom. The summed E-state index contributed by atoms with van der Waals surface area (Å²) >= 11 is 0. The lowest BCUT2D eigenvalue weighted by Crippen LogP contribution is -2.27. The molecule has 0 radical (unpaired) electrons. The number of benzene rings is 2. The first-order valence-electron chi connectivity index (χ1n) is 7.68. The molecule has 0 N–H and O–H groups in total. The topological polar surface area (TPSA) is 34.9 Å². The summed E-state index contributed by atoms with van der Waals surface area (Å²) in [6.45, 7) is 0.687. The maximum absolute atomic E-state index is 13.1. The van der Waals surface area contributed by atoms with Crippen LogP contribution in [0.25, 0.3) is 22.6 Å². The van der Waals surface area contributed by atoms with E-state index in [4.69, 9.17) is 4.98 Å². The van der Waals surface area contributed by atoms with Crippen LogP contribution < -0.4 is 5.56 Å². The first kappa shape index (κ1) is 13.9. The van der Waals surface area contributed by atoms with E-state index in [9.17, 15) is 9.18 Å². The molecule has 0 fully saturated rings. The first-order chi connectivity index (χ1) is 11.2. The standard InChI is InChI=1S/C19H15FN2O/c20-15-9-7-13(8-10-15)12-14-4-3-11-22-18(14)21-17-6-2-1-5-16(17)19(22)23/h1-2,5-10,12H,3-4,11H2/b14-12+. The van der Waals surface area contributed by atoms with Gasteiger partial charge in [-0.2, -0.15) is 0 Å². The molecule has 1 aromatic heterocycles. The van der Waals surface area contributed by atoms with Crippen LogP contribution in [0.3, 0.4) is 0 Å². The number of halogens is 1. The molecule has 0 saturated heterocycles. The monoisotopic (exact) mass is 306 g/mol. The minimum Gasteiger partial charge on any atom is -0.292 e. The molecule has 0 aliphatic carbocycles. The highest BCUT2D eigenvalue weighted by Crippen LogP contribution is 2.27. The largest absolute Gasteiger partial charge is 0.292 e. The van der Waals surface area contributed by atoms with Gasteiger partial charge in [-0.25, -0.2) is 9.37 Å². The third kappa shape index (κ3) is 2.46. The molecule has 1 aliphatic rings. The van der Waals surface area contributed by atoms with E-state index in [0.717, 1.165) is 35.3 Å². The quantitative estimate of drug-likeness (QED) is 0.684. The highest BCUT2D eigenvalue weighted by molar-refractivity contribution is 5.83. The van der Waals surface area contributed by atoms with Gasteiger partial charge in [0.1, 0.15) is 11.6 Å². The van der Waals surface area contributed by atoms with Crippen molar-refractivity contribution < 1.29 is 4.39 Å². The normalized spacial score (nSPS) is 15.8. The van der Waals surface area contributed by atoms with Crippen molar-refractivity contribution in [3.8, 4) is 0 Å². The molecule has 4 rings (SSSR count). The lowest BCUT2D eigenvalue weighted by atomic mass is 10.0. The fraction of sp³-hybridized carbons (Fsp3) is 0.158. The van der Waals surface area contributed by atoms with E-state index < -0.39 is 0 Å². The van der Waals surface area contributed by atoms with Crippen LogP contribution in [0, 0.1) is 5.82 Å². The van der Waals surface area contributed by atoms with Crippen LogP contribution in [0.2, 0.25) is 0 Å². The molecular weight excluding hydrogens is 291 g/mol. The van der Waals surface area contributed by atoms with Crippen LogP contribution in [0.1, 0.15) is 24.2 Å². The first-order valence-corrected chi connectivity index (χ1v) is 7.68. The van der Waals surface area contributed by atoms with Crippen molar-refractivity contribution in [1.82, 2.24) is 9.55 Å². The predicted molar refractivity (Wildman–Crippen MR) is 89.5 cm³/mol. The molecule has 0 spiro atoms. The molecule has 0 saturated carbocycles. The molecule has 1 aliphatic heterocycles. The molecule has 114 valence electrons. The van der Waals surface area contributed by atoms with Crippen molar-refractivity contribution in [3.05, 3.63) is 76.1 Å². The Bertz CT molecular complexity index is 971. The molecule has 4 heteroatoms. The highest BCUT2D eigenvalue weighted by Gasteiger charge is 2.18. The zero-order chi connectivity index (χ0) is 15.8. The lowest BCUT2D eigenvalue weighted by Gasteiger charge is -2.20. The fourth-order valence-corrected chi connectivity index (χ4v) is 3.06. The van der Waals surface area contributed by atoms with E-state index in [2.05, 4.69) is 0 Å². The molecule has 0 unspecified atom stereocenters. The Morgan fingerprint density at radius 2 is 1.87 bits per heavy atom. The molecule has 2 heterocycles. The zero-order valence-corrected chi connectivity index (χ0v) is 12.5. The van der Waals surface area contributed by atoms with Gasteiger partial charge in [0, 0.05) is 6.54 Å². The Balaban J connectivity index is 1.91. The third-order valence-corrected chi connectivity index (χ3v) is 4.19. The van der Waals surface area contributed by atoms with E-state index in [-0.39, 0.29) is 11.4 Å². The van der Waals surface area contributed by atoms with Crippen LogP contribution >= 0.6 is 0 Å². The molecule has 0 amide bonds. The number of aromatic nitrogens is 2. The van der Waals surface area contributed by atoms with E-state index in [1.165, 1.54) is 12.1 Å². The van der Waals surface area contributed by atoms with Gasteiger partial charge in [0.05, 0.1) is 10.9 Å². The second kappa shape index (κ2) is 5.47. The van der Waals surface area contributed by atoms with Crippen molar-refractivity contribution in [1.29, 1.82) is 0 Å². The van der Waals surface area contributed by atoms with Crippen LogP contribution in [-0.2, 0) is 6.54 Å². The van der Waals surface area contributed by atoms with Gasteiger partial charge in [-0.1, -0.05) is 24.3 Å². The summed E-state index contributed by atoms with van der Waals surface area (Å²) in [5.41, 5.74) is 2.66. The van der Waals surface area contributed by atoms with E-state index in [1.54, 1.807) is 16.7 Å². The van der Waals surface area contributed by atoms with Gasteiger partial charge < -0.3 is 0 Å². The van der Waals surface area contributed by atoms with Crippen molar-refractivity contribution >= 4 is 22.6 Å². The van der Waals surface area contributed by atoms with Crippen LogP contribution in [0.4, 0.5) is 4.39 Å². The third-order valence-electron chi connectivity index (χ3n) is 4.19. The molecule has 3 aromatic rings. The van der Waals surface area contributed by atoms with Crippen molar-refractivity contribution in [3.63, 3.8) is 0 Å². The number of hydrogen-bond acceptors (Lipinski definition) is 2. The summed E-state index contributed by atoms with van der Waals surface area (Å²) in [7, 11) is 0. The molecular formula is C19H15FN2O. The number of para-hydroxylation sites is 1. The van der Waals surface area contributed by atoms with Gasteiger partial charge in [-0.05, 0) is 54.3 Å². The molecule has 3 nitrogen and oxygen atoms in total. The predicted octanol–water partition coefficient (Wildman–Crippen LogP) is 3.87. The van der Waals surface area contributed by atoms with Crippen LogP contribution in [0.5, 0.6) is 0 Å². The zero-order valence-electron chi connectivity index (χ0n) is 12.5. The maximum atomic E-state index is 13.1. The van der Waals surface area contributed by atoms with Gasteiger partial charge in [-0.15, -0.1) is 0 Å². The Kier molecular flexibility index (Phi) is 3.30. The van der Waals surface area contributed by atoms with Gasteiger partial charge in [0.25, 0.3) is 5.56 Å². The van der Waals surface area contributed by atoms with Gasteiger partial charge in [0.15, 0.2) is 0 Å². The van der Waals surface area contributed by atoms with E-state index >= 15 is 0 Å². The number of nitrogens with zero attached hydrogens (tertiary/aromatic N) is 2. The van der Waals surface area contributed by atoms with Crippen molar-refractivity contribution in [2.24, 2.45) is 0 Å². The SMILES string of the molecule is O=c1c2ccccc2nc2n1CCC/C2=C\c1ccc(F)cc1. The van der Waals surface area contributed by atoms with Gasteiger partial charge >= 0.3 is 0 Å². The summed E-state index contributed by atoms with van der Waals surface area (Å²) in [5.74, 6) is 0.473. The number of hydrogen-bond donors (Lipinski definition) is 0. The maximum Gasteiger partial charge on any atom is 0.261 e. The highest BCUT2D eigenvalue weighted by atomic mass is 19.1. The minimum absolute atomic E-state index is 0.00954. The summed E-state index contributed by atoms with van der Waals surface area (Å²) < 4.78 is 14.8. The molecule has 0 bridgehead atoms. The molecule has 2 aromatic carbocycles. The average Bonchev–Trinajstić information content (AvgIpc) is 2.58. The number of allylic oxidation sites excluding steroid dienone is 1. The smallest absolute Gasteiger partial charge is 0.261 e.